The van der Waals surface area contributed by atoms with Gasteiger partial charge in [0.05, 0.1) is 13.0 Å². The number of rotatable bonds is 8. The van der Waals surface area contributed by atoms with Gasteiger partial charge in [-0.3, -0.25) is 9.59 Å². The SMILES string of the molecule is CCCNCC(=O)Nc1ccc(CC(=O)NCC)cc1. The summed E-state index contributed by atoms with van der Waals surface area (Å²) in [6.07, 6.45) is 1.36. The molecule has 2 amide bonds. The number of anilines is 1. The first-order valence-corrected chi connectivity index (χ1v) is 7.02. The van der Waals surface area contributed by atoms with Crippen molar-refractivity contribution in [1.29, 1.82) is 0 Å². The summed E-state index contributed by atoms with van der Waals surface area (Å²) in [5.41, 5.74) is 1.67. The van der Waals surface area contributed by atoms with E-state index in [0.717, 1.165) is 24.2 Å². The molecule has 0 atom stereocenters. The lowest BCUT2D eigenvalue weighted by Gasteiger charge is -2.07. The fourth-order valence-corrected chi connectivity index (χ4v) is 1.73. The smallest absolute Gasteiger partial charge is 0.238 e. The van der Waals surface area contributed by atoms with Crippen molar-refractivity contribution in [3.63, 3.8) is 0 Å². The number of nitrogens with one attached hydrogen (secondary N) is 3. The van der Waals surface area contributed by atoms with Gasteiger partial charge in [-0.1, -0.05) is 19.1 Å². The first kappa shape index (κ1) is 16.2. The first-order chi connectivity index (χ1) is 9.65. The minimum atomic E-state index is -0.0603. The van der Waals surface area contributed by atoms with E-state index in [4.69, 9.17) is 0 Å². The summed E-state index contributed by atoms with van der Waals surface area (Å²) >= 11 is 0. The molecule has 0 aromatic heterocycles. The van der Waals surface area contributed by atoms with Gasteiger partial charge in [-0.25, -0.2) is 0 Å². The molecule has 0 radical (unpaired) electrons. The normalized spacial score (nSPS) is 10.1. The predicted molar refractivity (Wildman–Crippen MR) is 80.6 cm³/mol. The van der Waals surface area contributed by atoms with Crippen LogP contribution in [0.2, 0.25) is 0 Å². The third kappa shape index (κ3) is 6.33. The fourth-order valence-electron chi connectivity index (χ4n) is 1.73. The van der Waals surface area contributed by atoms with E-state index in [1.54, 1.807) is 0 Å². The van der Waals surface area contributed by atoms with Gasteiger partial charge < -0.3 is 16.0 Å². The van der Waals surface area contributed by atoms with Crippen LogP contribution < -0.4 is 16.0 Å². The maximum absolute atomic E-state index is 11.6. The summed E-state index contributed by atoms with van der Waals surface area (Å²) in [5, 5.41) is 8.60. The van der Waals surface area contributed by atoms with Crippen LogP contribution in [-0.4, -0.2) is 31.4 Å². The Balaban J connectivity index is 2.42. The Bertz CT molecular complexity index is 429. The standard InChI is InChI=1S/C15H23N3O2/c1-3-9-16-11-15(20)18-13-7-5-12(6-8-13)10-14(19)17-4-2/h5-8,16H,3-4,9-11H2,1-2H3,(H,17,19)(H,18,20). The van der Waals surface area contributed by atoms with Crippen molar-refractivity contribution in [2.24, 2.45) is 0 Å². The third-order valence-corrected chi connectivity index (χ3v) is 2.69. The molecule has 20 heavy (non-hydrogen) atoms. The summed E-state index contributed by atoms with van der Waals surface area (Å²) in [4.78, 5) is 23.0. The Morgan fingerprint density at radius 1 is 1.05 bits per heavy atom. The molecule has 0 spiro atoms. The van der Waals surface area contributed by atoms with Gasteiger partial charge in [-0.05, 0) is 37.6 Å². The van der Waals surface area contributed by atoms with Gasteiger partial charge in [0.25, 0.3) is 0 Å². The predicted octanol–water partition coefficient (Wildman–Crippen LogP) is 1.30. The van der Waals surface area contributed by atoms with Gasteiger partial charge in [-0.2, -0.15) is 0 Å². The average Bonchev–Trinajstić information content (AvgIpc) is 2.41. The molecule has 0 saturated heterocycles. The summed E-state index contributed by atoms with van der Waals surface area (Å²) in [7, 11) is 0. The summed E-state index contributed by atoms with van der Waals surface area (Å²) in [6.45, 7) is 5.73. The molecule has 0 aliphatic heterocycles. The molecule has 1 rings (SSSR count). The van der Waals surface area contributed by atoms with Gasteiger partial charge in [-0.15, -0.1) is 0 Å². The molecular formula is C15H23N3O2. The molecule has 0 heterocycles. The number of likely N-dealkylation sites (N-methyl/N-ethyl adjacent to an activating group) is 1. The fraction of sp³-hybridized carbons (Fsp3) is 0.467. The molecule has 3 N–H and O–H groups in total. The summed E-state index contributed by atoms with van der Waals surface area (Å²) in [5.74, 6) is -0.0528. The van der Waals surface area contributed by atoms with Gasteiger partial charge in [0.1, 0.15) is 0 Å². The molecule has 0 bridgehead atoms. The van der Waals surface area contributed by atoms with Crippen molar-refractivity contribution in [3.8, 4) is 0 Å². The van der Waals surface area contributed by atoms with Crippen LogP contribution in [0.15, 0.2) is 24.3 Å². The second-order valence-electron chi connectivity index (χ2n) is 4.55. The maximum atomic E-state index is 11.6. The Kier molecular flexibility index (Phi) is 7.35. The molecule has 110 valence electrons. The highest BCUT2D eigenvalue weighted by Gasteiger charge is 2.04. The van der Waals surface area contributed by atoms with Gasteiger partial charge >= 0.3 is 0 Å². The van der Waals surface area contributed by atoms with Crippen LogP contribution in [0.4, 0.5) is 5.69 Å². The van der Waals surface area contributed by atoms with E-state index in [9.17, 15) is 9.59 Å². The Morgan fingerprint density at radius 3 is 2.35 bits per heavy atom. The van der Waals surface area contributed by atoms with E-state index in [1.165, 1.54) is 0 Å². The minimum Gasteiger partial charge on any atom is -0.356 e. The molecule has 0 unspecified atom stereocenters. The van der Waals surface area contributed by atoms with Gasteiger partial charge in [0.15, 0.2) is 0 Å². The lowest BCUT2D eigenvalue weighted by Crippen LogP contribution is -2.28. The number of hydrogen-bond acceptors (Lipinski definition) is 3. The van der Waals surface area contributed by atoms with Crippen LogP contribution in [0.5, 0.6) is 0 Å². The second kappa shape index (κ2) is 9.09. The van der Waals surface area contributed by atoms with E-state index in [0.29, 0.717) is 19.5 Å². The van der Waals surface area contributed by atoms with Crippen molar-refractivity contribution in [2.75, 3.05) is 25.0 Å². The van der Waals surface area contributed by atoms with Crippen molar-refractivity contribution in [2.45, 2.75) is 26.7 Å². The second-order valence-corrected chi connectivity index (χ2v) is 4.55. The number of hydrogen-bond donors (Lipinski definition) is 3. The van der Waals surface area contributed by atoms with E-state index in [-0.39, 0.29) is 11.8 Å². The van der Waals surface area contributed by atoms with Crippen molar-refractivity contribution >= 4 is 17.5 Å². The van der Waals surface area contributed by atoms with Gasteiger partial charge in [0.2, 0.25) is 11.8 Å². The number of carbonyl (C=O) groups is 2. The van der Waals surface area contributed by atoms with Crippen molar-refractivity contribution < 1.29 is 9.59 Å². The minimum absolute atomic E-state index is 0.00745. The van der Waals surface area contributed by atoms with E-state index in [1.807, 2.05) is 31.2 Å². The molecule has 0 aliphatic carbocycles. The van der Waals surface area contributed by atoms with Crippen LogP contribution in [0, 0.1) is 0 Å². The van der Waals surface area contributed by atoms with Crippen LogP contribution in [0.25, 0.3) is 0 Å². The zero-order chi connectivity index (χ0) is 14.8. The molecule has 0 aliphatic rings. The van der Waals surface area contributed by atoms with E-state index in [2.05, 4.69) is 22.9 Å². The largest absolute Gasteiger partial charge is 0.356 e. The van der Waals surface area contributed by atoms with Gasteiger partial charge in [0, 0.05) is 12.2 Å². The van der Waals surface area contributed by atoms with Crippen molar-refractivity contribution in [3.05, 3.63) is 29.8 Å². The zero-order valence-electron chi connectivity index (χ0n) is 12.2. The molecule has 0 saturated carbocycles. The summed E-state index contributed by atoms with van der Waals surface area (Å²) < 4.78 is 0. The molecule has 1 aromatic carbocycles. The first-order valence-electron chi connectivity index (χ1n) is 7.02. The molecule has 1 aromatic rings. The van der Waals surface area contributed by atoms with Crippen LogP contribution in [-0.2, 0) is 16.0 Å². The van der Waals surface area contributed by atoms with Crippen molar-refractivity contribution in [1.82, 2.24) is 10.6 Å². The number of amides is 2. The lowest BCUT2D eigenvalue weighted by molar-refractivity contribution is -0.120. The molecule has 5 nitrogen and oxygen atoms in total. The average molecular weight is 277 g/mol. The molecule has 5 heteroatoms. The van der Waals surface area contributed by atoms with Crippen LogP contribution in [0.1, 0.15) is 25.8 Å². The Labute approximate surface area is 120 Å². The number of benzene rings is 1. The quantitative estimate of drug-likeness (QED) is 0.627. The van der Waals surface area contributed by atoms with E-state index < -0.39 is 0 Å². The van der Waals surface area contributed by atoms with Crippen LogP contribution in [0.3, 0.4) is 0 Å². The number of carbonyl (C=O) groups excluding carboxylic acids is 2. The summed E-state index contributed by atoms with van der Waals surface area (Å²) in [6, 6.07) is 7.33. The Hall–Kier alpha value is -1.88. The highest BCUT2D eigenvalue weighted by atomic mass is 16.2. The Morgan fingerprint density at radius 2 is 1.75 bits per heavy atom. The maximum Gasteiger partial charge on any atom is 0.238 e. The highest BCUT2D eigenvalue weighted by molar-refractivity contribution is 5.92. The highest BCUT2D eigenvalue weighted by Crippen LogP contribution is 2.09. The van der Waals surface area contributed by atoms with Crippen LogP contribution >= 0.6 is 0 Å². The monoisotopic (exact) mass is 277 g/mol. The molecule has 0 fully saturated rings. The lowest BCUT2D eigenvalue weighted by atomic mass is 10.1. The molecular weight excluding hydrogens is 254 g/mol. The third-order valence-electron chi connectivity index (χ3n) is 2.69. The zero-order valence-corrected chi connectivity index (χ0v) is 12.2. The topological polar surface area (TPSA) is 70.2 Å². The van der Waals surface area contributed by atoms with E-state index >= 15 is 0 Å².